The lowest BCUT2D eigenvalue weighted by Gasteiger charge is -2.11. The van der Waals surface area contributed by atoms with Crippen molar-refractivity contribution in [3.8, 4) is 5.75 Å². The Morgan fingerprint density at radius 2 is 1.68 bits per heavy atom. The summed E-state index contributed by atoms with van der Waals surface area (Å²) in [4.78, 5) is 12.8. The first-order chi connectivity index (χ1) is 13.2. The lowest BCUT2D eigenvalue weighted by molar-refractivity contribution is -0.274. The van der Waals surface area contributed by atoms with Gasteiger partial charge in [0.2, 0.25) is 5.91 Å². The summed E-state index contributed by atoms with van der Waals surface area (Å²) in [5, 5.41) is 23.6. The van der Waals surface area contributed by atoms with Crippen LogP contribution in [0.1, 0.15) is 0 Å². The molecule has 10 heteroatoms. The van der Waals surface area contributed by atoms with Crippen molar-refractivity contribution in [3.05, 3.63) is 48.5 Å². The Morgan fingerprint density at radius 1 is 1.07 bits per heavy atom. The van der Waals surface area contributed by atoms with Crippen LogP contribution in [0.15, 0.2) is 53.4 Å². The number of thioether (sulfide) groups is 1. The number of aliphatic hydroxyl groups excluding tert-OH is 2. The predicted octanol–water partition coefficient (Wildman–Crippen LogP) is 3.08. The molecular formula is C18H19F3N2O4S. The second-order valence-corrected chi connectivity index (χ2v) is 6.70. The van der Waals surface area contributed by atoms with E-state index in [1.807, 2.05) is 0 Å². The van der Waals surface area contributed by atoms with Crippen molar-refractivity contribution in [1.82, 2.24) is 0 Å². The van der Waals surface area contributed by atoms with Gasteiger partial charge in [0.1, 0.15) is 5.75 Å². The van der Waals surface area contributed by atoms with Crippen molar-refractivity contribution in [2.45, 2.75) is 17.4 Å². The number of anilines is 2. The average Bonchev–Trinajstić information content (AvgIpc) is 2.65. The minimum absolute atomic E-state index is 0.122. The second kappa shape index (κ2) is 10.2. The molecule has 152 valence electrons. The molecule has 0 heterocycles. The maximum atomic E-state index is 12.1. The third-order valence-electron chi connectivity index (χ3n) is 3.35. The third kappa shape index (κ3) is 8.07. The van der Waals surface area contributed by atoms with E-state index in [0.717, 1.165) is 22.7 Å². The zero-order valence-electron chi connectivity index (χ0n) is 14.6. The van der Waals surface area contributed by atoms with Crippen molar-refractivity contribution >= 4 is 29.0 Å². The van der Waals surface area contributed by atoms with Gasteiger partial charge in [-0.15, -0.1) is 24.9 Å². The van der Waals surface area contributed by atoms with E-state index in [-0.39, 0.29) is 30.6 Å². The van der Waals surface area contributed by atoms with Gasteiger partial charge in [0.15, 0.2) is 0 Å². The Balaban J connectivity index is 1.77. The number of carbonyl (C=O) groups is 1. The summed E-state index contributed by atoms with van der Waals surface area (Å²) in [6.07, 6.45) is -5.60. The second-order valence-electron chi connectivity index (χ2n) is 5.65. The molecule has 0 radical (unpaired) electrons. The largest absolute Gasteiger partial charge is 0.573 e. The molecule has 0 saturated heterocycles. The number of alkyl halides is 3. The fourth-order valence-electron chi connectivity index (χ4n) is 2.06. The number of hydrogen-bond acceptors (Lipinski definition) is 6. The lowest BCUT2D eigenvalue weighted by Crippen LogP contribution is -2.22. The van der Waals surface area contributed by atoms with Crippen LogP contribution in [0.25, 0.3) is 0 Å². The first kappa shape index (κ1) is 21.9. The molecule has 0 aliphatic heterocycles. The van der Waals surface area contributed by atoms with Crippen LogP contribution in [0.3, 0.4) is 0 Å². The van der Waals surface area contributed by atoms with Crippen molar-refractivity contribution < 1.29 is 32.9 Å². The van der Waals surface area contributed by atoms with E-state index in [1.165, 1.54) is 23.9 Å². The fraction of sp³-hybridized carbons (Fsp3) is 0.278. The van der Waals surface area contributed by atoms with Crippen molar-refractivity contribution in [2.24, 2.45) is 0 Å². The molecule has 6 nitrogen and oxygen atoms in total. The summed E-state index contributed by atoms with van der Waals surface area (Å²) in [7, 11) is 0. The summed E-state index contributed by atoms with van der Waals surface area (Å²) < 4.78 is 40.1. The summed E-state index contributed by atoms with van der Waals surface area (Å²) in [5.74, 6) is -0.542. The molecule has 4 N–H and O–H groups in total. The number of benzene rings is 2. The van der Waals surface area contributed by atoms with Crippen LogP contribution in [0, 0.1) is 0 Å². The van der Waals surface area contributed by atoms with Crippen LogP contribution in [-0.4, -0.2) is 47.5 Å². The van der Waals surface area contributed by atoms with E-state index in [1.54, 1.807) is 24.3 Å². The molecule has 0 spiro atoms. The maximum absolute atomic E-state index is 12.1. The highest BCUT2D eigenvalue weighted by Gasteiger charge is 2.30. The van der Waals surface area contributed by atoms with Gasteiger partial charge in [-0.1, -0.05) is 0 Å². The van der Waals surface area contributed by atoms with Gasteiger partial charge < -0.3 is 25.6 Å². The monoisotopic (exact) mass is 416 g/mol. The predicted molar refractivity (Wildman–Crippen MR) is 101 cm³/mol. The van der Waals surface area contributed by atoms with E-state index >= 15 is 0 Å². The Morgan fingerprint density at radius 3 is 2.25 bits per heavy atom. The number of amides is 1. The average molecular weight is 416 g/mol. The molecule has 2 aromatic rings. The van der Waals surface area contributed by atoms with Crippen LogP contribution < -0.4 is 15.4 Å². The Labute approximate surface area is 163 Å². The van der Waals surface area contributed by atoms with Gasteiger partial charge in [0, 0.05) is 22.8 Å². The first-order valence-corrected chi connectivity index (χ1v) is 9.15. The molecular weight excluding hydrogens is 397 g/mol. The number of halogens is 3. The normalized spacial score (nSPS) is 12.3. The molecule has 0 aliphatic rings. The van der Waals surface area contributed by atoms with Crippen LogP contribution in [0.2, 0.25) is 0 Å². The quantitative estimate of drug-likeness (QED) is 0.470. The van der Waals surface area contributed by atoms with E-state index in [9.17, 15) is 23.1 Å². The van der Waals surface area contributed by atoms with Crippen molar-refractivity contribution in [2.75, 3.05) is 29.5 Å². The van der Waals surface area contributed by atoms with E-state index in [2.05, 4.69) is 15.4 Å². The standard InChI is InChI=1S/C18H19F3N2O4S/c19-18(20,21)27-15-5-1-13(2-6-15)23-17(26)11-28-16-7-3-12(4-8-16)22-9-14(25)10-24/h1-8,14,22,24-25H,9-11H2,(H,23,26). The third-order valence-corrected chi connectivity index (χ3v) is 4.36. The number of aliphatic hydroxyl groups is 2. The molecule has 1 amide bonds. The molecule has 28 heavy (non-hydrogen) atoms. The molecule has 0 aromatic heterocycles. The van der Waals surface area contributed by atoms with Gasteiger partial charge in [-0.2, -0.15) is 0 Å². The Kier molecular flexibility index (Phi) is 7.97. The van der Waals surface area contributed by atoms with E-state index < -0.39 is 12.5 Å². The SMILES string of the molecule is O=C(CSc1ccc(NCC(O)CO)cc1)Nc1ccc(OC(F)(F)F)cc1. The van der Waals surface area contributed by atoms with E-state index in [4.69, 9.17) is 5.11 Å². The fourth-order valence-corrected chi connectivity index (χ4v) is 2.75. The number of ether oxygens (including phenoxy) is 1. The zero-order valence-corrected chi connectivity index (χ0v) is 15.4. The number of hydrogen-bond donors (Lipinski definition) is 4. The molecule has 0 fully saturated rings. The molecule has 1 unspecified atom stereocenters. The highest BCUT2D eigenvalue weighted by molar-refractivity contribution is 8.00. The number of nitrogens with one attached hydrogen (secondary N) is 2. The van der Waals surface area contributed by atoms with Gasteiger partial charge in [0.05, 0.1) is 18.5 Å². The highest BCUT2D eigenvalue weighted by atomic mass is 32.2. The smallest absolute Gasteiger partial charge is 0.406 e. The number of carbonyl (C=O) groups excluding carboxylic acids is 1. The molecule has 2 rings (SSSR count). The van der Waals surface area contributed by atoms with E-state index in [0.29, 0.717) is 5.69 Å². The topological polar surface area (TPSA) is 90.8 Å². The van der Waals surface area contributed by atoms with Crippen molar-refractivity contribution in [1.29, 1.82) is 0 Å². The Bertz CT molecular complexity index is 755. The molecule has 0 aliphatic carbocycles. The zero-order chi connectivity index (χ0) is 20.6. The van der Waals surface area contributed by atoms with Crippen LogP contribution >= 0.6 is 11.8 Å². The van der Waals surface area contributed by atoms with Gasteiger partial charge in [0.25, 0.3) is 0 Å². The Hall–Kier alpha value is -2.43. The highest BCUT2D eigenvalue weighted by Crippen LogP contribution is 2.24. The molecule has 2 aromatic carbocycles. The van der Waals surface area contributed by atoms with Crippen LogP contribution in [-0.2, 0) is 4.79 Å². The van der Waals surface area contributed by atoms with Gasteiger partial charge in [-0.05, 0) is 48.5 Å². The minimum atomic E-state index is -4.76. The van der Waals surface area contributed by atoms with Crippen molar-refractivity contribution in [3.63, 3.8) is 0 Å². The molecule has 0 bridgehead atoms. The van der Waals surface area contributed by atoms with Gasteiger partial charge >= 0.3 is 6.36 Å². The van der Waals surface area contributed by atoms with Gasteiger partial charge in [-0.3, -0.25) is 4.79 Å². The molecule has 0 saturated carbocycles. The number of rotatable bonds is 9. The summed E-state index contributed by atoms with van der Waals surface area (Å²) >= 11 is 1.29. The van der Waals surface area contributed by atoms with Gasteiger partial charge in [-0.25, -0.2) is 0 Å². The molecule has 1 atom stereocenters. The summed E-state index contributed by atoms with van der Waals surface area (Å²) in [6, 6.07) is 12.1. The summed E-state index contributed by atoms with van der Waals surface area (Å²) in [6.45, 7) is -0.105. The van der Waals surface area contributed by atoms with Crippen LogP contribution in [0.5, 0.6) is 5.75 Å². The minimum Gasteiger partial charge on any atom is -0.406 e. The summed E-state index contributed by atoms with van der Waals surface area (Å²) in [5.41, 5.74) is 1.13. The maximum Gasteiger partial charge on any atom is 0.573 e. The lowest BCUT2D eigenvalue weighted by atomic mass is 10.3. The van der Waals surface area contributed by atoms with Crippen LogP contribution in [0.4, 0.5) is 24.5 Å². The first-order valence-electron chi connectivity index (χ1n) is 8.16.